The number of benzene rings is 2. The summed E-state index contributed by atoms with van der Waals surface area (Å²) in [6.07, 6.45) is 0.805. The maximum Gasteiger partial charge on any atom is 0.197 e. The molecule has 1 N–H and O–H groups in total. The van der Waals surface area contributed by atoms with E-state index < -0.39 is 0 Å². The van der Waals surface area contributed by atoms with Crippen molar-refractivity contribution in [2.75, 3.05) is 41.5 Å². The van der Waals surface area contributed by atoms with E-state index in [4.69, 9.17) is 18.6 Å². The molecule has 4 rings (SSSR count). The molecule has 1 fully saturated rings. The minimum atomic E-state index is -0.211. The highest BCUT2D eigenvalue weighted by Gasteiger charge is 2.37. The predicted octanol–water partition coefficient (Wildman–Crippen LogP) is 4.03. The lowest BCUT2D eigenvalue weighted by Crippen LogP contribution is -2.32. The van der Waals surface area contributed by atoms with Crippen LogP contribution < -0.4 is 19.6 Å². The van der Waals surface area contributed by atoms with Crippen LogP contribution in [0.3, 0.4) is 0 Å². The molecule has 32 heavy (non-hydrogen) atoms. The lowest BCUT2D eigenvalue weighted by Gasteiger charge is -2.25. The van der Waals surface area contributed by atoms with Crippen LogP contribution >= 0.6 is 15.9 Å². The number of aliphatic hydroxyl groups excluding tert-OH is 1. The molecule has 170 valence electrons. The zero-order valence-electron chi connectivity index (χ0n) is 18.5. The molecule has 0 amide bonds. The number of methoxy groups -OCH3 is 3. The van der Waals surface area contributed by atoms with Gasteiger partial charge in [-0.2, -0.15) is 0 Å². The van der Waals surface area contributed by atoms with Crippen molar-refractivity contribution in [3.8, 4) is 28.6 Å². The van der Waals surface area contributed by atoms with E-state index in [0.29, 0.717) is 34.0 Å². The molecule has 0 spiro atoms. The minimum Gasteiger partial charge on any atom is -0.497 e. The number of likely N-dealkylation sites (N-methyl/N-ethyl adjacent to an activating group) is 1. The van der Waals surface area contributed by atoms with Gasteiger partial charge in [-0.1, -0.05) is 0 Å². The highest BCUT2D eigenvalue weighted by atomic mass is 79.9. The number of hydrogen-bond acceptors (Lipinski definition) is 7. The van der Waals surface area contributed by atoms with E-state index in [1.807, 2.05) is 25.2 Å². The van der Waals surface area contributed by atoms with Gasteiger partial charge in [0.05, 0.1) is 27.9 Å². The van der Waals surface area contributed by atoms with Gasteiger partial charge >= 0.3 is 0 Å². The highest BCUT2D eigenvalue weighted by molar-refractivity contribution is 9.10. The normalized spacial score (nSPS) is 18.8. The Labute approximate surface area is 194 Å². The van der Waals surface area contributed by atoms with Gasteiger partial charge in [-0.15, -0.1) is 0 Å². The molecule has 2 atom stereocenters. The quantitative estimate of drug-likeness (QED) is 0.543. The van der Waals surface area contributed by atoms with Crippen molar-refractivity contribution in [2.45, 2.75) is 18.4 Å². The van der Waals surface area contributed by atoms with Crippen molar-refractivity contribution in [1.29, 1.82) is 0 Å². The largest absolute Gasteiger partial charge is 0.497 e. The third-order valence-electron chi connectivity index (χ3n) is 6.23. The molecule has 7 nitrogen and oxygen atoms in total. The summed E-state index contributed by atoms with van der Waals surface area (Å²) in [4.78, 5) is 15.4. The van der Waals surface area contributed by atoms with Gasteiger partial charge < -0.3 is 28.6 Å². The van der Waals surface area contributed by atoms with Gasteiger partial charge in [-0.25, -0.2) is 0 Å². The van der Waals surface area contributed by atoms with Gasteiger partial charge in [-0.3, -0.25) is 4.79 Å². The summed E-state index contributed by atoms with van der Waals surface area (Å²) in [5.41, 5.74) is 1.71. The summed E-state index contributed by atoms with van der Waals surface area (Å²) >= 11 is 3.55. The molecule has 0 radical (unpaired) electrons. The van der Waals surface area contributed by atoms with Crippen molar-refractivity contribution in [3.63, 3.8) is 0 Å². The summed E-state index contributed by atoms with van der Waals surface area (Å²) in [5, 5.41) is 10.4. The van der Waals surface area contributed by atoms with Crippen LogP contribution in [-0.2, 0) is 0 Å². The van der Waals surface area contributed by atoms with Crippen molar-refractivity contribution >= 4 is 26.9 Å². The standard InChI is InChI=1S/C24H26BrNO6/c1-26-8-7-15(17(26)12-27)22-20(30-3)11-21(31-4)23-18(28)10-19(32-24(22)23)14-6-5-13(29-2)9-16(14)25/h5-6,9-11,15,17,27H,7-8,12H2,1-4H3. The van der Waals surface area contributed by atoms with Gasteiger partial charge in [0.2, 0.25) is 0 Å². The van der Waals surface area contributed by atoms with Crippen molar-refractivity contribution in [1.82, 2.24) is 4.90 Å². The lowest BCUT2D eigenvalue weighted by atomic mass is 9.89. The van der Waals surface area contributed by atoms with Crippen LogP contribution in [0.2, 0.25) is 0 Å². The molecule has 2 unspecified atom stereocenters. The SMILES string of the molecule is COc1ccc(-c2cc(=O)c3c(OC)cc(OC)c(C4CCN(C)C4CO)c3o2)c(Br)c1. The molecular weight excluding hydrogens is 478 g/mol. The predicted molar refractivity (Wildman–Crippen MR) is 126 cm³/mol. The Kier molecular flexibility index (Phi) is 6.46. The molecule has 8 heteroatoms. The zero-order valence-corrected chi connectivity index (χ0v) is 20.1. The maximum absolute atomic E-state index is 13.3. The Hall–Kier alpha value is -2.55. The molecule has 1 aromatic heterocycles. The fraction of sp³-hybridized carbons (Fsp3) is 0.375. The van der Waals surface area contributed by atoms with Crippen LogP contribution in [0.1, 0.15) is 17.9 Å². The fourth-order valence-electron chi connectivity index (χ4n) is 4.55. The summed E-state index contributed by atoms with van der Waals surface area (Å²) in [5.74, 6) is 2.00. The molecule has 0 saturated carbocycles. The van der Waals surface area contributed by atoms with Gasteiger partial charge in [0.25, 0.3) is 0 Å². The van der Waals surface area contributed by atoms with E-state index >= 15 is 0 Å². The molecule has 3 aromatic rings. The second-order valence-electron chi connectivity index (χ2n) is 7.85. The number of nitrogens with zero attached hydrogens (tertiary/aromatic N) is 1. The first-order valence-corrected chi connectivity index (χ1v) is 11.1. The second kappa shape index (κ2) is 9.13. The summed E-state index contributed by atoms with van der Waals surface area (Å²) in [6, 6.07) is 8.56. The van der Waals surface area contributed by atoms with Crippen LogP contribution in [0, 0.1) is 0 Å². The third kappa shape index (κ3) is 3.76. The van der Waals surface area contributed by atoms with E-state index in [2.05, 4.69) is 20.8 Å². The Balaban J connectivity index is 2.03. The Morgan fingerprint density at radius 3 is 2.50 bits per heavy atom. The number of aliphatic hydroxyl groups is 1. The molecule has 1 aliphatic rings. The topological polar surface area (TPSA) is 81.4 Å². The van der Waals surface area contributed by atoms with Crippen LogP contribution in [0.4, 0.5) is 0 Å². The fourth-order valence-corrected chi connectivity index (χ4v) is 5.10. The number of halogens is 1. The molecule has 1 saturated heterocycles. The number of rotatable bonds is 6. The maximum atomic E-state index is 13.3. The number of likely N-dealkylation sites (tertiary alicyclic amines) is 1. The third-order valence-corrected chi connectivity index (χ3v) is 6.89. The monoisotopic (exact) mass is 503 g/mol. The highest BCUT2D eigenvalue weighted by Crippen LogP contribution is 2.45. The number of ether oxygens (including phenoxy) is 3. The molecule has 1 aliphatic heterocycles. The lowest BCUT2D eigenvalue weighted by molar-refractivity contribution is 0.171. The molecular formula is C24H26BrNO6. The Morgan fingerprint density at radius 1 is 1.12 bits per heavy atom. The number of fused-ring (bicyclic) bond motifs is 1. The van der Waals surface area contributed by atoms with E-state index in [9.17, 15) is 9.90 Å². The molecule has 2 aromatic carbocycles. The van der Waals surface area contributed by atoms with E-state index in [-0.39, 0.29) is 24.0 Å². The summed E-state index contributed by atoms with van der Waals surface area (Å²) in [7, 11) is 6.67. The average Bonchev–Trinajstić information content (AvgIpc) is 3.17. The van der Waals surface area contributed by atoms with Gasteiger partial charge in [0.1, 0.15) is 34.0 Å². The minimum absolute atomic E-state index is 0.00814. The van der Waals surface area contributed by atoms with Crippen LogP contribution in [-0.4, -0.2) is 57.6 Å². The first-order valence-electron chi connectivity index (χ1n) is 10.3. The second-order valence-corrected chi connectivity index (χ2v) is 8.70. The molecule has 2 heterocycles. The molecule has 0 bridgehead atoms. The smallest absolute Gasteiger partial charge is 0.197 e. The van der Waals surface area contributed by atoms with Crippen LogP contribution in [0.15, 0.2) is 44.0 Å². The molecule has 0 aliphatic carbocycles. The van der Waals surface area contributed by atoms with Crippen molar-refractivity contribution < 1.29 is 23.7 Å². The zero-order chi connectivity index (χ0) is 23.0. The van der Waals surface area contributed by atoms with Crippen molar-refractivity contribution in [2.24, 2.45) is 0 Å². The van der Waals surface area contributed by atoms with Crippen molar-refractivity contribution in [3.05, 3.63) is 50.6 Å². The van der Waals surface area contributed by atoms with Gasteiger partial charge in [-0.05, 0) is 54.1 Å². The average molecular weight is 504 g/mol. The first-order chi connectivity index (χ1) is 15.4. The van der Waals surface area contributed by atoms with E-state index in [1.165, 1.54) is 13.2 Å². The van der Waals surface area contributed by atoms with E-state index in [1.54, 1.807) is 20.3 Å². The van der Waals surface area contributed by atoms with Gasteiger partial charge in [0.15, 0.2) is 5.43 Å². The summed E-state index contributed by atoms with van der Waals surface area (Å²) in [6.45, 7) is 0.812. The van der Waals surface area contributed by atoms with E-state index in [0.717, 1.165) is 28.6 Å². The Morgan fingerprint density at radius 2 is 1.88 bits per heavy atom. The summed E-state index contributed by atoms with van der Waals surface area (Å²) < 4.78 is 23.7. The van der Waals surface area contributed by atoms with Crippen LogP contribution in [0.5, 0.6) is 17.2 Å². The first kappa shape index (κ1) is 22.6. The Bertz CT molecular complexity index is 1210. The van der Waals surface area contributed by atoms with Gasteiger partial charge in [0, 0.05) is 39.7 Å². The number of hydrogen-bond donors (Lipinski definition) is 1. The van der Waals surface area contributed by atoms with Crippen LogP contribution in [0.25, 0.3) is 22.3 Å².